The Hall–Kier alpha value is -2.73. The Balaban J connectivity index is 1.68. The number of methoxy groups -OCH3 is 1. The maximum Gasteiger partial charge on any atom is 0.292 e. The molecule has 25 heavy (non-hydrogen) atoms. The highest BCUT2D eigenvalue weighted by Crippen LogP contribution is 2.33. The number of ether oxygens (including phenoxy) is 1. The second kappa shape index (κ2) is 5.97. The molecule has 0 saturated carbocycles. The van der Waals surface area contributed by atoms with E-state index in [-0.39, 0.29) is 5.91 Å². The third-order valence-electron chi connectivity index (χ3n) is 4.49. The van der Waals surface area contributed by atoms with Gasteiger partial charge in [-0.15, -0.1) is 0 Å². The number of hydrazine groups is 1. The molecule has 0 aliphatic carbocycles. The molecule has 128 valence electrons. The second-order valence-corrected chi connectivity index (χ2v) is 6.34. The molecule has 0 bridgehead atoms. The lowest BCUT2D eigenvalue weighted by Crippen LogP contribution is -2.48. The topological polar surface area (TPSA) is 50.1 Å². The van der Waals surface area contributed by atoms with Crippen molar-refractivity contribution in [1.82, 2.24) is 14.6 Å². The quantitative estimate of drug-likeness (QED) is 0.708. The van der Waals surface area contributed by atoms with Crippen LogP contribution in [-0.4, -0.2) is 41.2 Å². The summed E-state index contributed by atoms with van der Waals surface area (Å²) in [5, 5.41) is 8.50. The molecule has 3 aromatic rings. The van der Waals surface area contributed by atoms with Crippen LogP contribution in [0.3, 0.4) is 0 Å². The van der Waals surface area contributed by atoms with Gasteiger partial charge in [0.25, 0.3) is 5.91 Å². The predicted octanol–water partition coefficient (Wildman–Crippen LogP) is 3.05. The Kier molecular flexibility index (Phi) is 3.77. The molecule has 0 atom stereocenters. The van der Waals surface area contributed by atoms with Crippen molar-refractivity contribution in [2.24, 2.45) is 0 Å². The summed E-state index contributed by atoms with van der Waals surface area (Å²) in [7, 11) is 3.54. The SMILES string of the molecule is COc1cccc2c1CCN(C(=O)c1cc3ccc(Cl)cn3n1)N2C. The first kappa shape index (κ1) is 15.8. The lowest BCUT2D eigenvalue weighted by molar-refractivity contribution is 0.0731. The zero-order valence-corrected chi connectivity index (χ0v) is 14.7. The van der Waals surface area contributed by atoms with Gasteiger partial charge in [0.1, 0.15) is 5.75 Å². The first-order valence-corrected chi connectivity index (χ1v) is 8.32. The summed E-state index contributed by atoms with van der Waals surface area (Å²) in [6.07, 6.45) is 2.42. The van der Waals surface area contributed by atoms with E-state index in [1.807, 2.05) is 36.3 Å². The van der Waals surface area contributed by atoms with Crippen molar-refractivity contribution in [3.8, 4) is 5.75 Å². The van der Waals surface area contributed by atoms with Crippen LogP contribution < -0.4 is 9.75 Å². The van der Waals surface area contributed by atoms with E-state index in [2.05, 4.69) is 5.10 Å². The molecule has 1 aliphatic heterocycles. The standard InChI is InChI=1S/C18H17ClN4O2/c1-21-16-4-3-5-17(25-2)14(16)8-9-23(21)18(24)15-10-13-7-6-12(19)11-22(13)20-15/h3-7,10-11H,8-9H2,1-2H3. The number of aromatic nitrogens is 2. The molecule has 4 rings (SSSR count). The number of rotatable bonds is 2. The van der Waals surface area contributed by atoms with Crippen LogP contribution in [0.25, 0.3) is 5.52 Å². The van der Waals surface area contributed by atoms with Gasteiger partial charge in [-0.2, -0.15) is 5.10 Å². The number of hydrogen-bond acceptors (Lipinski definition) is 4. The molecule has 3 heterocycles. The van der Waals surface area contributed by atoms with E-state index in [1.165, 1.54) is 0 Å². The summed E-state index contributed by atoms with van der Waals surface area (Å²) in [5.74, 6) is 0.703. The molecule has 1 aromatic carbocycles. The number of benzene rings is 1. The molecule has 0 saturated heterocycles. The highest BCUT2D eigenvalue weighted by atomic mass is 35.5. The fourth-order valence-corrected chi connectivity index (χ4v) is 3.39. The number of anilines is 1. The third-order valence-corrected chi connectivity index (χ3v) is 4.71. The summed E-state index contributed by atoms with van der Waals surface area (Å²) in [5.41, 5.74) is 3.29. The van der Waals surface area contributed by atoms with E-state index in [0.29, 0.717) is 17.3 Å². The monoisotopic (exact) mass is 356 g/mol. The smallest absolute Gasteiger partial charge is 0.292 e. The molecule has 1 amide bonds. The average Bonchev–Trinajstić information content (AvgIpc) is 3.04. The largest absolute Gasteiger partial charge is 0.496 e. The van der Waals surface area contributed by atoms with Crippen LogP contribution in [0.4, 0.5) is 5.69 Å². The van der Waals surface area contributed by atoms with Crippen LogP contribution in [0, 0.1) is 0 Å². The van der Waals surface area contributed by atoms with E-state index in [4.69, 9.17) is 16.3 Å². The maximum absolute atomic E-state index is 13.0. The van der Waals surface area contributed by atoms with Gasteiger partial charge in [0, 0.05) is 25.4 Å². The van der Waals surface area contributed by atoms with E-state index in [0.717, 1.165) is 28.9 Å². The van der Waals surface area contributed by atoms with Crippen LogP contribution in [-0.2, 0) is 6.42 Å². The van der Waals surface area contributed by atoms with Gasteiger partial charge in [-0.3, -0.25) is 9.80 Å². The number of carbonyl (C=O) groups is 1. The van der Waals surface area contributed by atoms with E-state index < -0.39 is 0 Å². The van der Waals surface area contributed by atoms with Crippen LogP contribution in [0.1, 0.15) is 16.1 Å². The number of hydrogen-bond donors (Lipinski definition) is 0. The van der Waals surface area contributed by atoms with Gasteiger partial charge < -0.3 is 4.74 Å². The summed E-state index contributed by atoms with van der Waals surface area (Å²) >= 11 is 5.99. The normalized spacial score (nSPS) is 13.9. The molecule has 0 unspecified atom stereocenters. The van der Waals surface area contributed by atoms with Crippen LogP contribution in [0.5, 0.6) is 5.75 Å². The number of halogens is 1. The van der Waals surface area contributed by atoms with E-state index in [9.17, 15) is 4.79 Å². The Bertz CT molecular complexity index is 969. The van der Waals surface area contributed by atoms with E-state index in [1.54, 1.807) is 35.0 Å². The van der Waals surface area contributed by atoms with Crippen molar-refractivity contribution in [3.63, 3.8) is 0 Å². The van der Waals surface area contributed by atoms with Crippen molar-refractivity contribution in [2.75, 3.05) is 25.7 Å². The Labute approximate surface area is 150 Å². The number of fused-ring (bicyclic) bond motifs is 2. The van der Waals surface area contributed by atoms with Crippen molar-refractivity contribution in [1.29, 1.82) is 0 Å². The minimum Gasteiger partial charge on any atom is -0.496 e. The lowest BCUT2D eigenvalue weighted by atomic mass is 10.1. The van der Waals surface area contributed by atoms with Gasteiger partial charge in [-0.25, -0.2) is 9.52 Å². The molecule has 0 N–H and O–H groups in total. The van der Waals surface area contributed by atoms with E-state index >= 15 is 0 Å². The minimum absolute atomic E-state index is 0.143. The number of carbonyl (C=O) groups excluding carboxylic acids is 1. The van der Waals surface area contributed by atoms with Gasteiger partial charge >= 0.3 is 0 Å². The first-order chi connectivity index (χ1) is 12.1. The fourth-order valence-electron chi connectivity index (χ4n) is 3.23. The third kappa shape index (κ3) is 2.59. The number of amides is 1. The van der Waals surface area contributed by atoms with Gasteiger partial charge in [0.15, 0.2) is 5.69 Å². The molecule has 1 aliphatic rings. The zero-order chi connectivity index (χ0) is 17.6. The molecule has 0 radical (unpaired) electrons. The highest BCUT2D eigenvalue weighted by Gasteiger charge is 2.29. The molecule has 7 heteroatoms. The molecular weight excluding hydrogens is 340 g/mol. The van der Waals surface area contributed by atoms with Crippen LogP contribution in [0.15, 0.2) is 42.6 Å². The molecular formula is C18H17ClN4O2. The predicted molar refractivity (Wildman–Crippen MR) is 96.3 cm³/mol. The van der Waals surface area contributed by atoms with Gasteiger partial charge in [-0.1, -0.05) is 17.7 Å². The number of nitrogens with zero attached hydrogens (tertiary/aromatic N) is 4. The van der Waals surface area contributed by atoms with Gasteiger partial charge in [0.2, 0.25) is 0 Å². The second-order valence-electron chi connectivity index (χ2n) is 5.91. The van der Waals surface area contributed by atoms with Gasteiger partial charge in [0.05, 0.1) is 23.3 Å². The summed E-state index contributed by atoms with van der Waals surface area (Å²) in [6, 6.07) is 11.2. The summed E-state index contributed by atoms with van der Waals surface area (Å²) < 4.78 is 7.06. The maximum atomic E-state index is 13.0. The lowest BCUT2D eigenvalue weighted by Gasteiger charge is -2.38. The molecule has 0 fully saturated rings. The Morgan fingerprint density at radius 3 is 2.92 bits per heavy atom. The molecule has 6 nitrogen and oxygen atoms in total. The minimum atomic E-state index is -0.143. The highest BCUT2D eigenvalue weighted by molar-refractivity contribution is 6.30. The van der Waals surface area contributed by atoms with Crippen LogP contribution >= 0.6 is 11.6 Å². The van der Waals surface area contributed by atoms with Crippen molar-refractivity contribution < 1.29 is 9.53 Å². The zero-order valence-electron chi connectivity index (χ0n) is 13.9. The van der Waals surface area contributed by atoms with Crippen molar-refractivity contribution in [3.05, 3.63) is 58.9 Å². The summed E-state index contributed by atoms with van der Waals surface area (Å²) in [4.78, 5) is 13.0. The molecule has 2 aromatic heterocycles. The Morgan fingerprint density at radius 1 is 1.28 bits per heavy atom. The fraction of sp³-hybridized carbons (Fsp3) is 0.222. The van der Waals surface area contributed by atoms with Crippen molar-refractivity contribution in [2.45, 2.75) is 6.42 Å². The van der Waals surface area contributed by atoms with Crippen LogP contribution in [0.2, 0.25) is 5.02 Å². The number of pyridine rings is 1. The van der Waals surface area contributed by atoms with Crippen molar-refractivity contribution >= 4 is 28.7 Å². The molecule has 0 spiro atoms. The first-order valence-electron chi connectivity index (χ1n) is 7.95. The van der Waals surface area contributed by atoms with Gasteiger partial charge in [-0.05, 0) is 36.8 Å². The average molecular weight is 357 g/mol. The Morgan fingerprint density at radius 2 is 2.12 bits per heavy atom. The summed E-state index contributed by atoms with van der Waals surface area (Å²) in [6.45, 7) is 0.567.